The molecule has 27 heavy (non-hydrogen) atoms. The van der Waals surface area contributed by atoms with Gasteiger partial charge in [0.25, 0.3) is 0 Å². The summed E-state index contributed by atoms with van der Waals surface area (Å²) in [6, 6.07) is 13.5. The van der Waals surface area contributed by atoms with Crippen molar-refractivity contribution in [1.29, 1.82) is 0 Å². The lowest BCUT2D eigenvalue weighted by Crippen LogP contribution is -2.12. The molecule has 0 N–H and O–H groups in total. The first-order valence-electron chi connectivity index (χ1n) is 8.05. The average molecular weight is 391 g/mol. The highest BCUT2D eigenvalue weighted by Crippen LogP contribution is 2.14. The second-order valence-corrected chi connectivity index (χ2v) is 7.77. The molecule has 0 saturated carbocycles. The fraction of sp³-hybridized carbons (Fsp3) is 0.263. The van der Waals surface area contributed by atoms with Crippen molar-refractivity contribution >= 4 is 21.5 Å². The number of methoxy groups -OCH3 is 1. The summed E-state index contributed by atoms with van der Waals surface area (Å²) >= 11 is 0. The summed E-state index contributed by atoms with van der Waals surface area (Å²) in [6.45, 7) is 1.88. The molecule has 0 bridgehead atoms. The minimum absolute atomic E-state index is 0.149. The maximum atomic E-state index is 11.4. The van der Waals surface area contributed by atoms with E-state index >= 15 is 0 Å². The first-order valence-corrected chi connectivity index (χ1v) is 9.94. The van der Waals surface area contributed by atoms with Gasteiger partial charge in [-0.3, -0.25) is 0 Å². The van der Waals surface area contributed by atoms with Gasteiger partial charge in [0.15, 0.2) is 16.4 Å². The summed E-state index contributed by atoms with van der Waals surface area (Å²) in [6.07, 6.45) is 1.16. The molecule has 7 nitrogen and oxygen atoms in total. The SMILES string of the molecule is COC(=O)COc1ccc(C(C)=NOCc2ccc(S(C)(=O)=O)cc2)cc1. The van der Waals surface area contributed by atoms with E-state index in [4.69, 9.17) is 9.57 Å². The standard InChI is InChI=1S/C19H21NO6S/c1-14(16-6-8-17(9-7-16)25-13-19(21)24-2)20-26-12-15-4-10-18(11-5-15)27(3,22)23/h4-11H,12-13H2,1-3H3. The number of carbonyl (C=O) groups excluding carboxylic acids is 1. The van der Waals surface area contributed by atoms with Gasteiger partial charge >= 0.3 is 5.97 Å². The van der Waals surface area contributed by atoms with Crippen LogP contribution in [0.15, 0.2) is 58.6 Å². The summed E-state index contributed by atoms with van der Waals surface area (Å²) in [5.41, 5.74) is 2.32. The third-order valence-corrected chi connectivity index (χ3v) is 4.77. The summed E-state index contributed by atoms with van der Waals surface area (Å²) in [5.74, 6) is 0.0959. The van der Waals surface area contributed by atoms with Crippen molar-refractivity contribution in [1.82, 2.24) is 0 Å². The van der Waals surface area contributed by atoms with Crippen LogP contribution in [0.5, 0.6) is 5.75 Å². The molecule has 0 amide bonds. The Kier molecular flexibility index (Phi) is 6.95. The number of oxime groups is 1. The highest BCUT2D eigenvalue weighted by molar-refractivity contribution is 7.90. The Labute approximate surface area is 158 Å². The molecule has 0 heterocycles. The lowest BCUT2D eigenvalue weighted by atomic mass is 10.1. The highest BCUT2D eigenvalue weighted by atomic mass is 32.2. The lowest BCUT2D eigenvalue weighted by molar-refractivity contribution is -0.142. The largest absolute Gasteiger partial charge is 0.482 e. The third kappa shape index (κ3) is 6.41. The number of rotatable bonds is 8. The molecule has 0 fully saturated rings. The highest BCUT2D eigenvalue weighted by Gasteiger charge is 2.06. The van der Waals surface area contributed by atoms with Crippen LogP contribution in [0.3, 0.4) is 0 Å². The molecule has 0 saturated heterocycles. The van der Waals surface area contributed by atoms with Crippen molar-refractivity contribution in [2.45, 2.75) is 18.4 Å². The number of esters is 1. The fourth-order valence-electron chi connectivity index (χ4n) is 2.08. The topological polar surface area (TPSA) is 91.3 Å². The van der Waals surface area contributed by atoms with E-state index < -0.39 is 15.8 Å². The zero-order valence-corrected chi connectivity index (χ0v) is 16.2. The van der Waals surface area contributed by atoms with Crippen molar-refractivity contribution in [3.8, 4) is 5.75 Å². The van der Waals surface area contributed by atoms with Gasteiger partial charge in [0.1, 0.15) is 12.4 Å². The van der Waals surface area contributed by atoms with Crippen LogP contribution in [0.1, 0.15) is 18.1 Å². The zero-order chi connectivity index (χ0) is 19.9. The van der Waals surface area contributed by atoms with E-state index in [0.717, 1.165) is 17.4 Å². The number of benzene rings is 2. The van der Waals surface area contributed by atoms with Crippen molar-refractivity contribution in [2.75, 3.05) is 20.0 Å². The Bertz CT molecular complexity index is 902. The van der Waals surface area contributed by atoms with Gasteiger partial charge in [0.05, 0.1) is 17.7 Å². The normalized spacial score (nSPS) is 11.7. The van der Waals surface area contributed by atoms with E-state index in [1.807, 2.05) is 0 Å². The molecule has 0 aliphatic heterocycles. The third-order valence-electron chi connectivity index (χ3n) is 3.64. The molecule has 2 aromatic carbocycles. The molecule has 0 radical (unpaired) electrons. The van der Waals surface area contributed by atoms with Gasteiger partial charge in [-0.25, -0.2) is 13.2 Å². The van der Waals surface area contributed by atoms with Gasteiger partial charge in [-0.2, -0.15) is 0 Å². The first kappa shape index (κ1) is 20.4. The van der Waals surface area contributed by atoms with Crippen molar-refractivity contribution in [2.24, 2.45) is 5.16 Å². The Balaban J connectivity index is 1.90. The number of carbonyl (C=O) groups is 1. The van der Waals surface area contributed by atoms with Gasteiger partial charge in [-0.1, -0.05) is 17.3 Å². The minimum atomic E-state index is -3.21. The predicted molar refractivity (Wildman–Crippen MR) is 101 cm³/mol. The molecule has 0 unspecified atom stereocenters. The molecule has 0 spiro atoms. The number of hydrogen-bond donors (Lipinski definition) is 0. The van der Waals surface area contributed by atoms with E-state index in [1.54, 1.807) is 43.3 Å². The molecule has 2 aromatic rings. The van der Waals surface area contributed by atoms with Crippen LogP contribution in [-0.4, -0.2) is 40.1 Å². The summed E-state index contributed by atoms with van der Waals surface area (Å²) < 4.78 is 32.7. The second kappa shape index (κ2) is 9.18. The van der Waals surface area contributed by atoms with Crippen LogP contribution >= 0.6 is 0 Å². The molecule has 2 rings (SSSR count). The Morgan fingerprint density at radius 1 is 1.04 bits per heavy atom. The van der Waals surface area contributed by atoms with E-state index in [1.165, 1.54) is 19.2 Å². The Hall–Kier alpha value is -2.87. The molecule has 144 valence electrons. The summed E-state index contributed by atoms with van der Waals surface area (Å²) in [5, 5.41) is 4.06. The smallest absolute Gasteiger partial charge is 0.343 e. The average Bonchev–Trinajstić information content (AvgIpc) is 2.66. The number of hydrogen-bond acceptors (Lipinski definition) is 7. The molecule has 8 heteroatoms. The maximum Gasteiger partial charge on any atom is 0.343 e. The number of sulfone groups is 1. The van der Waals surface area contributed by atoms with Gasteiger partial charge in [-0.05, 0) is 54.4 Å². The first-order chi connectivity index (χ1) is 12.8. The fourth-order valence-corrected chi connectivity index (χ4v) is 2.71. The second-order valence-electron chi connectivity index (χ2n) is 5.76. The number of ether oxygens (including phenoxy) is 2. The predicted octanol–water partition coefficient (Wildman–Crippen LogP) is 2.58. The van der Waals surface area contributed by atoms with Crippen molar-refractivity contribution < 1.29 is 27.5 Å². The molecular formula is C19H21NO6S. The van der Waals surface area contributed by atoms with Crippen molar-refractivity contribution in [3.63, 3.8) is 0 Å². The van der Waals surface area contributed by atoms with E-state index in [2.05, 4.69) is 9.89 Å². The van der Waals surface area contributed by atoms with E-state index in [9.17, 15) is 13.2 Å². The van der Waals surface area contributed by atoms with Gasteiger partial charge < -0.3 is 14.3 Å². The monoisotopic (exact) mass is 391 g/mol. The van der Waals surface area contributed by atoms with Gasteiger partial charge in [0.2, 0.25) is 0 Å². The molecule has 0 aliphatic rings. The number of nitrogens with zero attached hydrogens (tertiary/aromatic N) is 1. The molecule has 0 aliphatic carbocycles. The lowest BCUT2D eigenvalue weighted by Gasteiger charge is -2.06. The summed E-state index contributed by atoms with van der Waals surface area (Å²) in [7, 11) is -1.91. The van der Waals surface area contributed by atoms with Gasteiger partial charge in [0, 0.05) is 6.26 Å². The van der Waals surface area contributed by atoms with Crippen LogP contribution in [-0.2, 0) is 30.8 Å². The van der Waals surface area contributed by atoms with Crippen LogP contribution in [0.25, 0.3) is 0 Å². The Morgan fingerprint density at radius 2 is 1.67 bits per heavy atom. The Morgan fingerprint density at radius 3 is 2.22 bits per heavy atom. The van der Waals surface area contributed by atoms with E-state index in [-0.39, 0.29) is 18.1 Å². The quantitative estimate of drug-likeness (QED) is 0.390. The van der Waals surface area contributed by atoms with E-state index in [0.29, 0.717) is 11.5 Å². The maximum absolute atomic E-state index is 11.4. The van der Waals surface area contributed by atoms with Crippen LogP contribution in [0.4, 0.5) is 0 Å². The molecular weight excluding hydrogens is 370 g/mol. The minimum Gasteiger partial charge on any atom is -0.482 e. The molecule has 0 atom stereocenters. The summed E-state index contributed by atoms with van der Waals surface area (Å²) in [4.78, 5) is 16.6. The van der Waals surface area contributed by atoms with Crippen molar-refractivity contribution in [3.05, 3.63) is 59.7 Å². The van der Waals surface area contributed by atoms with Crippen LogP contribution < -0.4 is 4.74 Å². The zero-order valence-electron chi connectivity index (χ0n) is 15.3. The van der Waals surface area contributed by atoms with Gasteiger partial charge in [-0.15, -0.1) is 0 Å². The van der Waals surface area contributed by atoms with Crippen LogP contribution in [0.2, 0.25) is 0 Å². The van der Waals surface area contributed by atoms with Crippen LogP contribution in [0, 0.1) is 0 Å². The molecule has 0 aromatic heterocycles.